The van der Waals surface area contributed by atoms with Gasteiger partial charge in [0.2, 0.25) is 0 Å². The molecule has 0 radical (unpaired) electrons. The molecule has 1 heterocycles. The molecule has 0 amide bonds. The van der Waals surface area contributed by atoms with Gasteiger partial charge in [0.05, 0.1) is 21.5 Å². The molecule has 3 aromatic rings. The van der Waals surface area contributed by atoms with Crippen molar-refractivity contribution in [2.24, 2.45) is 0 Å². The van der Waals surface area contributed by atoms with Crippen LogP contribution < -0.4 is 15.8 Å². The smallest absolute Gasteiger partial charge is 0.326 e. The fourth-order valence-corrected chi connectivity index (χ4v) is 2.73. The molecule has 0 saturated heterocycles. The molecule has 0 fully saturated rings. The topological polar surface area (TPSA) is 77.8 Å². The van der Waals surface area contributed by atoms with Gasteiger partial charge in [0.1, 0.15) is 5.82 Å². The van der Waals surface area contributed by atoms with Gasteiger partial charge in [-0.3, -0.25) is 9.59 Å². The van der Waals surface area contributed by atoms with Crippen LogP contribution in [0.5, 0.6) is 0 Å². The lowest BCUT2D eigenvalue weighted by Crippen LogP contribution is -2.28. The Morgan fingerprint density at radius 2 is 1.48 bits per heavy atom. The maximum absolute atomic E-state index is 14.1. The third-order valence-electron chi connectivity index (χ3n) is 3.27. The minimum Gasteiger partial charge on any atom is -0.326 e. The number of aromatic nitrogens is 2. The average molecular weight is 371 g/mol. The lowest BCUT2D eigenvalue weighted by Gasteiger charge is -2.10. The minimum atomic E-state index is -4.43. The molecule has 0 aliphatic heterocycles. The lowest BCUT2D eigenvalue weighted by atomic mass is 10.2. The van der Waals surface area contributed by atoms with Crippen LogP contribution in [0.15, 0.2) is 50.9 Å². The second-order valence-electron chi connectivity index (χ2n) is 5.02. The maximum Gasteiger partial charge on any atom is 0.416 e. The van der Waals surface area contributed by atoms with Crippen molar-refractivity contribution in [2.45, 2.75) is 11.1 Å². The van der Waals surface area contributed by atoms with Crippen LogP contribution in [0.3, 0.4) is 0 Å². The first-order valence-corrected chi connectivity index (χ1v) is 7.61. The second kappa shape index (κ2) is 6.28. The van der Waals surface area contributed by atoms with Gasteiger partial charge in [-0.2, -0.15) is 13.2 Å². The lowest BCUT2D eigenvalue weighted by molar-refractivity contribution is -0.137. The van der Waals surface area contributed by atoms with Crippen molar-refractivity contribution in [1.82, 2.24) is 9.97 Å². The summed E-state index contributed by atoms with van der Waals surface area (Å²) in [5.41, 5.74) is -1.86. The Kier molecular flexibility index (Phi) is 4.29. The summed E-state index contributed by atoms with van der Waals surface area (Å²) in [6.45, 7) is 0. The summed E-state index contributed by atoms with van der Waals surface area (Å²) in [7, 11) is 0. The third kappa shape index (κ3) is 3.68. The summed E-state index contributed by atoms with van der Waals surface area (Å²) in [4.78, 5) is 27.2. The highest BCUT2D eigenvalue weighted by molar-refractivity contribution is 8.00. The molecule has 0 aliphatic carbocycles. The van der Waals surface area contributed by atoms with Crippen LogP contribution in [0.4, 0.5) is 23.2 Å². The Balaban J connectivity index is 1.83. The van der Waals surface area contributed by atoms with E-state index in [0.717, 1.165) is 30.1 Å². The summed E-state index contributed by atoms with van der Waals surface area (Å²) in [5, 5.41) is 0. The van der Waals surface area contributed by atoms with Gasteiger partial charge in [-0.15, -0.1) is 0 Å². The summed E-state index contributed by atoms with van der Waals surface area (Å²) >= 11 is 0.818. The number of halogens is 4. The Morgan fingerprint density at radius 1 is 0.920 bits per heavy atom. The van der Waals surface area contributed by atoms with Crippen molar-refractivity contribution in [3.05, 3.63) is 68.5 Å². The quantitative estimate of drug-likeness (QED) is 0.374. The molecule has 25 heavy (non-hydrogen) atoms. The van der Waals surface area contributed by atoms with Crippen LogP contribution in [0, 0.1) is 5.82 Å². The Bertz CT molecular complexity index is 1040. The van der Waals surface area contributed by atoms with Gasteiger partial charge >= 0.3 is 17.3 Å². The molecule has 1 aromatic heterocycles. The second-order valence-corrected chi connectivity index (χ2v) is 5.86. The SMILES string of the molecule is O=c1[nH]c2cc(F)c(SNc3ccc(C(F)(F)F)cc3)cc2[nH]c1=O. The largest absolute Gasteiger partial charge is 0.416 e. The predicted molar refractivity (Wildman–Crippen MR) is 86.1 cm³/mol. The first-order chi connectivity index (χ1) is 11.7. The molecule has 2 aromatic carbocycles. The molecule has 0 unspecified atom stereocenters. The van der Waals surface area contributed by atoms with Crippen molar-refractivity contribution >= 4 is 28.7 Å². The first-order valence-electron chi connectivity index (χ1n) is 6.80. The van der Waals surface area contributed by atoms with Crippen LogP contribution in [-0.4, -0.2) is 9.97 Å². The number of benzene rings is 2. The average Bonchev–Trinajstić information content (AvgIpc) is 2.54. The van der Waals surface area contributed by atoms with Crippen molar-refractivity contribution in [3.63, 3.8) is 0 Å². The van der Waals surface area contributed by atoms with Crippen LogP contribution in [0.25, 0.3) is 11.0 Å². The van der Waals surface area contributed by atoms with Gasteiger partial charge in [-0.25, -0.2) is 4.39 Å². The van der Waals surface area contributed by atoms with Crippen molar-refractivity contribution in [3.8, 4) is 0 Å². The van der Waals surface area contributed by atoms with Crippen LogP contribution in [0.1, 0.15) is 5.56 Å². The molecule has 0 aliphatic rings. The number of hydrogen-bond donors (Lipinski definition) is 3. The predicted octanol–water partition coefficient (Wildman–Crippen LogP) is 3.49. The highest BCUT2D eigenvalue weighted by Crippen LogP contribution is 2.31. The van der Waals surface area contributed by atoms with Gasteiger partial charge in [0, 0.05) is 11.8 Å². The van der Waals surface area contributed by atoms with E-state index in [1.807, 2.05) is 0 Å². The third-order valence-corrected chi connectivity index (χ3v) is 4.14. The molecule has 10 heteroatoms. The molecular weight excluding hydrogens is 362 g/mol. The van der Waals surface area contributed by atoms with E-state index in [2.05, 4.69) is 14.7 Å². The number of hydrogen-bond acceptors (Lipinski definition) is 4. The molecule has 3 N–H and O–H groups in total. The number of fused-ring (bicyclic) bond motifs is 1. The molecule has 5 nitrogen and oxygen atoms in total. The summed E-state index contributed by atoms with van der Waals surface area (Å²) in [6, 6.07) is 6.60. The van der Waals surface area contributed by atoms with E-state index in [-0.39, 0.29) is 15.9 Å². The fraction of sp³-hybridized carbons (Fsp3) is 0.0667. The number of nitrogens with one attached hydrogen (secondary N) is 3. The zero-order valence-electron chi connectivity index (χ0n) is 12.2. The molecule has 130 valence electrons. The van der Waals surface area contributed by atoms with Gasteiger partial charge in [-0.1, -0.05) is 0 Å². The number of anilines is 1. The standard InChI is InChI=1S/C15H9F4N3O2S/c16-9-5-10-11(21-14(24)13(23)20-10)6-12(9)25-22-8-3-1-7(2-4-8)15(17,18)19/h1-6,22H,(H,20,23)(H,21,24). The molecule has 0 saturated carbocycles. The Morgan fingerprint density at radius 3 is 2.04 bits per heavy atom. The Labute approximate surface area is 141 Å². The molecule has 0 atom stereocenters. The summed E-state index contributed by atoms with van der Waals surface area (Å²) in [6.07, 6.45) is -4.43. The van der Waals surface area contributed by atoms with E-state index in [1.54, 1.807) is 0 Å². The molecule has 3 rings (SSSR count). The van der Waals surface area contributed by atoms with Gasteiger partial charge in [-0.05, 0) is 42.3 Å². The zero-order chi connectivity index (χ0) is 18.2. The van der Waals surface area contributed by atoms with Gasteiger partial charge in [0.15, 0.2) is 0 Å². The number of alkyl halides is 3. The van der Waals surface area contributed by atoms with Crippen molar-refractivity contribution in [2.75, 3.05) is 4.72 Å². The van der Waals surface area contributed by atoms with E-state index >= 15 is 0 Å². The molecule has 0 spiro atoms. The normalized spacial score (nSPS) is 11.7. The molecule has 0 bridgehead atoms. The van der Waals surface area contributed by atoms with Crippen LogP contribution >= 0.6 is 11.9 Å². The van der Waals surface area contributed by atoms with E-state index in [1.165, 1.54) is 18.2 Å². The van der Waals surface area contributed by atoms with Crippen LogP contribution in [-0.2, 0) is 6.18 Å². The number of aromatic amines is 2. The number of H-pyrrole nitrogens is 2. The van der Waals surface area contributed by atoms with E-state index in [4.69, 9.17) is 0 Å². The van der Waals surface area contributed by atoms with E-state index < -0.39 is 28.7 Å². The fourth-order valence-electron chi connectivity index (χ4n) is 2.04. The zero-order valence-corrected chi connectivity index (χ0v) is 13.0. The van der Waals surface area contributed by atoms with E-state index in [0.29, 0.717) is 5.69 Å². The monoisotopic (exact) mass is 371 g/mol. The van der Waals surface area contributed by atoms with E-state index in [9.17, 15) is 27.2 Å². The maximum atomic E-state index is 14.1. The van der Waals surface area contributed by atoms with Gasteiger partial charge in [0.25, 0.3) is 0 Å². The van der Waals surface area contributed by atoms with Gasteiger partial charge < -0.3 is 14.7 Å². The minimum absolute atomic E-state index is 0.0927. The highest BCUT2D eigenvalue weighted by atomic mass is 32.2. The number of rotatable bonds is 3. The van der Waals surface area contributed by atoms with Crippen LogP contribution in [0.2, 0.25) is 0 Å². The summed E-state index contributed by atoms with van der Waals surface area (Å²) in [5.74, 6) is -0.667. The Hall–Kier alpha value is -2.75. The van der Waals surface area contributed by atoms with Crippen molar-refractivity contribution in [1.29, 1.82) is 0 Å². The highest BCUT2D eigenvalue weighted by Gasteiger charge is 2.29. The first kappa shape index (κ1) is 17.1. The summed E-state index contributed by atoms with van der Waals surface area (Å²) < 4.78 is 54.3. The van der Waals surface area contributed by atoms with Crippen molar-refractivity contribution < 1.29 is 17.6 Å². The molecular formula is C15H9F4N3O2S.